The van der Waals surface area contributed by atoms with Crippen molar-refractivity contribution in [3.8, 4) is 0 Å². The molecule has 1 rings (SSSR count). The van der Waals surface area contributed by atoms with E-state index in [0.29, 0.717) is 18.5 Å². The van der Waals surface area contributed by atoms with E-state index in [0.717, 1.165) is 12.8 Å². The van der Waals surface area contributed by atoms with Crippen LogP contribution in [-0.2, 0) is 0 Å². The first-order valence-corrected chi connectivity index (χ1v) is 7.04. The summed E-state index contributed by atoms with van der Waals surface area (Å²) in [5.74, 6) is 0.0554. The van der Waals surface area contributed by atoms with Crippen molar-refractivity contribution >= 4 is 29.1 Å². The Morgan fingerprint density at radius 2 is 2.21 bits per heavy atom. The summed E-state index contributed by atoms with van der Waals surface area (Å²) in [6.45, 7) is 2.75. The number of nitrogens with one attached hydrogen (secondary N) is 1. The molecule has 0 saturated heterocycles. The van der Waals surface area contributed by atoms with Gasteiger partial charge in [-0.05, 0) is 24.8 Å². The molecule has 0 aliphatic rings. The van der Waals surface area contributed by atoms with Gasteiger partial charge in [-0.1, -0.05) is 36.5 Å². The van der Waals surface area contributed by atoms with Gasteiger partial charge in [0.2, 0.25) is 0 Å². The van der Waals surface area contributed by atoms with Crippen molar-refractivity contribution < 1.29 is 9.90 Å². The van der Waals surface area contributed by atoms with Gasteiger partial charge in [-0.15, -0.1) is 0 Å². The lowest BCUT2D eigenvalue weighted by Gasteiger charge is -2.15. The molecule has 1 heterocycles. The topological polar surface area (TPSA) is 62.2 Å². The van der Waals surface area contributed by atoms with Gasteiger partial charge in [0.05, 0.1) is 10.6 Å². The lowest BCUT2D eigenvalue weighted by molar-refractivity contribution is 0.0942. The molecule has 0 saturated carbocycles. The van der Waals surface area contributed by atoms with Crippen molar-refractivity contribution in [3.63, 3.8) is 0 Å². The molecule has 19 heavy (non-hydrogen) atoms. The van der Waals surface area contributed by atoms with Crippen molar-refractivity contribution in [2.45, 2.75) is 26.2 Å². The minimum absolute atomic E-state index is 0.134. The summed E-state index contributed by atoms with van der Waals surface area (Å²) in [7, 11) is 0. The van der Waals surface area contributed by atoms with Crippen molar-refractivity contribution in [2.75, 3.05) is 13.2 Å². The molecule has 0 fully saturated rings. The number of nitrogens with zero attached hydrogens (tertiary/aromatic N) is 1. The summed E-state index contributed by atoms with van der Waals surface area (Å²) in [6, 6.07) is 1.49. The van der Waals surface area contributed by atoms with Gasteiger partial charge in [0, 0.05) is 19.3 Å². The fraction of sp³-hybridized carbons (Fsp3) is 0.538. The van der Waals surface area contributed by atoms with Crippen LogP contribution < -0.4 is 5.32 Å². The van der Waals surface area contributed by atoms with Crippen molar-refractivity contribution in [1.82, 2.24) is 10.3 Å². The quantitative estimate of drug-likeness (QED) is 0.761. The molecule has 1 aromatic rings. The minimum Gasteiger partial charge on any atom is -0.396 e. The van der Waals surface area contributed by atoms with E-state index in [1.807, 2.05) is 0 Å². The highest BCUT2D eigenvalue weighted by molar-refractivity contribution is 6.41. The summed E-state index contributed by atoms with van der Waals surface area (Å²) in [5.41, 5.74) is 0.383. The SMILES string of the molecule is CCCC(CCO)CNC(=O)c1cnc(Cl)c(Cl)c1. The zero-order valence-electron chi connectivity index (χ0n) is 10.8. The van der Waals surface area contributed by atoms with Crippen LogP contribution in [0.15, 0.2) is 12.3 Å². The second-order valence-corrected chi connectivity index (χ2v) is 5.14. The maximum absolute atomic E-state index is 11.9. The van der Waals surface area contributed by atoms with E-state index in [1.165, 1.54) is 12.3 Å². The first-order valence-electron chi connectivity index (χ1n) is 6.28. The number of halogens is 2. The van der Waals surface area contributed by atoms with Crippen LogP contribution in [0, 0.1) is 5.92 Å². The third-order valence-electron chi connectivity index (χ3n) is 2.84. The average Bonchev–Trinajstić information content (AvgIpc) is 2.39. The smallest absolute Gasteiger partial charge is 0.252 e. The van der Waals surface area contributed by atoms with Gasteiger partial charge in [-0.2, -0.15) is 0 Å². The number of aromatic nitrogens is 1. The summed E-state index contributed by atoms with van der Waals surface area (Å²) >= 11 is 11.5. The van der Waals surface area contributed by atoms with E-state index >= 15 is 0 Å². The van der Waals surface area contributed by atoms with Gasteiger partial charge in [0.1, 0.15) is 5.15 Å². The number of hydrogen-bond donors (Lipinski definition) is 2. The molecule has 0 spiro atoms. The lowest BCUT2D eigenvalue weighted by Crippen LogP contribution is -2.29. The predicted octanol–water partition coefficient (Wildman–Crippen LogP) is 2.92. The highest BCUT2D eigenvalue weighted by Crippen LogP contribution is 2.19. The second-order valence-electron chi connectivity index (χ2n) is 4.37. The zero-order valence-corrected chi connectivity index (χ0v) is 12.3. The Balaban J connectivity index is 2.56. The number of carbonyl (C=O) groups is 1. The van der Waals surface area contributed by atoms with Gasteiger partial charge < -0.3 is 10.4 Å². The van der Waals surface area contributed by atoms with E-state index in [1.54, 1.807) is 0 Å². The summed E-state index contributed by atoms with van der Waals surface area (Å²) < 4.78 is 0. The summed E-state index contributed by atoms with van der Waals surface area (Å²) in [6.07, 6.45) is 4.08. The van der Waals surface area contributed by atoms with Gasteiger partial charge in [0.25, 0.3) is 5.91 Å². The normalized spacial score (nSPS) is 12.2. The van der Waals surface area contributed by atoms with E-state index in [4.69, 9.17) is 28.3 Å². The first kappa shape index (κ1) is 16.2. The van der Waals surface area contributed by atoms with Crippen LogP contribution in [0.25, 0.3) is 0 Å². The average molecular weight is 305 g/mol. The Bertz CT molecular complexity index is 421. The monoisotopic (exact) mass is 304 g/mol. The number of rotatable bonds is 7. The number of aliphatic hydroxyl groups is 1. The number of aliphatic hydroxyl groups excluding tert-OH is 1. The summed E-state index contributed by atoms with van der Waals surface area (Å²) in [4.78, 5) is 15.7. The van der Waals surface area contributed by atoms with Crippen LogP contribution in [0.3, 0.4) is 0 Å². The minimum atomic E-state index is -0.231. The number of carbonyl (C=O) groups excluding carboxylic acids is 1. The molecule has 1 aromatic heterocycles. The van der Waals surface area contributed by atoms with Gasteiger partial charge in [-0.3, -0.25) is 4.79 Å². The zero-order chi connectivity index (χ0) is 14.3. The van der Waals surface area contributed by atoms with Crippen LogP contribution in [0.4, 0.5) is 0 Å². The van der Waals surface area contributed by atoms with Gasteiger partial charge in [0.15, 0.2) is 0 Å². The lowest BCUT2D eigenvalue weighted by atomic mass is 10.0. The van der Waals surface area contributed by atoms with Crippen LogP contribution in [0.5, 0.6) is 0 Å². The third-order valence-corrected chi connectivity index (χ3v) is 3.53. The van der Waals surface area contributed by atoms with E-state index in [2.05, 4.69) is 17.2 Å². The Labute approximate surface area is 123 Å². The molecule has 1 amide bonds. The molecule has 0 aliphatic heterocycles. The van der Waals surface area contributed by atoms with Crippen LogP contribution in [-0.4, -0.2) is 29.1 Å². The Morgan fingerprint density at radius 3 is 2.79 bits per heavy atom. The molecule has 0 aromatic carbocycles. The maximum Gasteiger partial charge on any atom is 0.252 e. The molecule has 2 N–H and O–H groups in total. The molecule has 0 aliphatic carbocycles. The molecular formula is C13H18Cl2N2O2. The largest absolute Gasteiger partial charge is 0.396 e. The highest BCUT2D eigenvalue weighted by atomic mass is 35.5. The van der Waals surface area contributed by atoms with Crippen LogP contribution in [0.1, 0.15) is 36.5 Å². The van der Waals surface area contributed by atoms with Crippen molar-refractivity contribution in [3.05, 3.63) is 28.0 Å². The molecule has 4 nitrogen and oxygen atoms in total. The molecule has 0 bridgehead atoms. The predicted molar refractivity (Wildman–Crippen MR) is 76.7 cm³/mol. The molecule has 0 radical (unpaired) electrons. The number of amides is 1. The van der Waals surface area contributed by atoms with Crippen molar-refractivity contribution in [1.29, 1.82) is 0 Å². The Kier molecular flexibility index (Phi) is 7.13. The van der Waals surface area contributed by atoms with Crippen LogP contribution in [0.2, 0.25) is 10.2 Å². The second kappa shape index (κ2) is 8.35. The van der Waals surface area contributed by atoms with Crippen LogP contribution >= 0.6 is 23.2 Å². The number of hydrogen-bond acceptors (Lipinski definition) is 3. The highest BCUT2D eigenvalue weighted by Gasteiger charge is 2.12. The van der Waals surface area contributed by atoms with E-state index < -0.39 is 0 Å². The standard InChI is InChI=1S/C13H18Cl2N2O2/c1-2-3-9(4-5-18)7-17-13(19)10-6-11(14)12(15)16-8-10/h6,8-9,18H,2-5,7H2,1H3,(H,17,19). The van der Waals surface area contributed by atoms with Gasteiger partial charge in [-0.25, -0.2) is 4.98 Å². The maximum atomic E-state index is 11.9. The molecule has 1 atom stereocenters. The number of pyridine rings is 1. The molecule has 1 unspecified atom stereocenters. The fourth-order valence-corrected chi connectivity index (χ4v) is 2.09. The van der Waals surface area contributed by atoms with Crippen molar-refractivity contribution in [2.24, 2.45) is 5.92 Å². The van der Waals surface area contributed by atoms with E-state index in [-0.39, 0.29) is 28.6 Å². The Hall–Kier alpha value is -0.840. The third kappa shape index (κ3) is 5.35. The molecular weight excluding hydrogens is 287 g/mol. The molecule has 106 valence electrons. The fourth-order valence-electron chi connectivity index (χ4n) is 1.82. The van der Waals surface area contributed by atoms with E-state index in [9.17, 15) is 4.79 Å². The first-order chi connectivity index (χ1) is 9.08. The molecule has 6 heteroatoms. The van der Waals surface area contributed by atoms with Gasteiger partial charge >= 0.3 is 0 Å². The summed E-state index contributed by atoms with van der Waals surface area (Å²) in [5, 5.41) is 12.2. The Morgan fingerprint density at radius 1 is 1.47 bits per heavy atom.